The first kappa shape index (κ1) is 11.3. The first-order chi connectivity index (χ1) is 7.75. The summed E-state index contributed by atoms with van der Waals surface area (Å²) >= 11 is 1.42. The zero-order valence-corrected chi connectivity index (χ0v) is 9.76. The van der Waals surface area contributed by atoms with Gasteiger partial charge in [-0.15, -0.1) is 11.3 Å². The molecule has 2 heterocycles. The van der Waals surface area contributed by atoms with Crippen molar-refractivity contribution < 1.29 is 9.53 Å². The summed E-state index contributed by atoms with van der Waals surface area (Å²) in [7, 11) is 0. The lowest BCUT2D eigenvalue weighted by Gasteiger charge is -2.08. The van der Waals surface area contributed by atoms with E-state index in [-0.39, 0.29) is 11.8 Å². The predicted octanol–water partition coefficient (Wildman–Crippen LogP) is 0.420. The second-order valence-electron chi connectivity index (χ2n) is 3.78. The number of hydrogen-bond donors (Lipinski definition) is 2. The number of nitrogens with two attached hydrogens (primary N) is 1. The zero-order chi connectivity index (χ0) is 11.4. The Bertz CT molecular complexity index is 361. The number of nitrogen functional groups attached to an aromatic ring is 1. The van der Waals surface area contributed by atoms with Crippen LogP contribution in [0.15, 0.2) is 5.38 Å². The minimum absolute atomic E-state index is 0.0282. The fourth-order valence-corrected chi connectivity index (χ4v) is 2.23. The van der Waals surface area contributed by atoms with Crippen LogP contribution in [-0.2, 0) is 16.0 Å². The van der Waals surface area contributed by atoms with Crippen LogP contribution in [0.3, 0.4) is 0 Å². The van der Waals surface area contributed by atoms with Crippen molar-refractivity contribution in [2.24, 2.45) is 5.92 Å². The maximum Gasteiger partial charge on any atom is 0.225 e. The molecule has 1 atom stereocenters. The number of nitrogens with one attached hydrogen (secondary N) is 1. The molecule has 0 unspecified atom stereocenters. The van der Waals surface area contributed by atoms with Crippen LogP contribution in [0.25, 0.3) is 0 Å². The molecule has 0 radical (unpaired) electrons. The molecule has 3 N–H and O–H groups in total. The average Bonchev–Trinajstić information content (AvgIpc) is 2.89. The van der Waals surface area contributed by atoms with Gasteiger partial charge in [-0.3, -0.25) is 4.79 Å². The third-order valence-electron chi connectivity index (χ3n) is 2.55. The second kappa shape index (κ2) is 5.27. The van der Waals surface area contributed by atoms with Gasteiger partial charge < -0.3 is 15.8 Å². The third kappa shape index (κ3) is 2.93. The van der Waals surface area contributed by atoms with Crippen molar-refractivity contribution in [3.63, 3.8) is 0 Å². The highest BCUT2D eigenvalue weighted by atomic mass is 32.1. The Morgan fingerprint density at radius 2 is 2.62 bits per heavy atom. The summed E-state index contributed by atoms with van der Waals surface area (Å²) in [6, 6.07) is 0. The molecule has 1 aliphatic rings. The first-order valence-corrected chi connectivity index (χ1v) is 6.19. The molecule has 1 fully saturated rings. The highest BCUT2D eigenvalue weighted by Gasteiger charge is 2.22. The standard InChI is InChI=1S/C10H15N3O2S/c11-10-13-8(6-16-10)1-3-12-9(14)7-2-4-15-5-7/h6-7H,1-5H2,(H2,11,13)(H,12,14)/t7-/m0/s1. The quantitative estimate of drug-likeness (QED) is 0.801. The summed E-state index contributed by atoms with van der Waals surface area (Å²) in [5, 5.41) is 5.38. The number of carbonyl (C=O) groups is 1. The summed E-state index contributed by atoms with van der Waals surface area (Å²) in [5.74, 6) is 0.112. The molecule has 1 aromatic rings. The molecule has 1 aliphatic heterocycles. The smallest absolute Gasteiger partial charge is 0.225 e. The van der Waals surface area contributed by atoms with Crippen molar-refractivity contribution in [1.29, 1.82) is 0 Å². The molecular weight excluding hydrogens is 226 g/mol. The van der Waals surface area contributed by atoms with Gasteiger partial charge in [0.25, 0.3) is 0 Å². The number of aromatic nitrogens is 1. The number of carbonyl (C=O) groups excluding carboxylic acids is 1. The molecule has 0 spiro atoms. The Balaban J connectivity index is 1.69. The number of rotatable bonds is 4. The van der Waals surface area contributed by atoms with Crippen molar-refractivity contribution in [2.75, 3.05) is 25.5 Å². The van der Waals surface area contributed by atoms with Gasteiger partial charge in [0.1, 0.15) is 0 Å². The van der Waals surface area contributed by atoms with E-state index in [1.807, 2.05) is 5.38 Å². The molecule has 1 aromatic heterocycles. The maximum absolute atomic E-state index is 11.6. The van der Waals surface area contributed by atoms with Gasteiger partial charge in [0.15, 0.2) is 5.13 Å². The van der Waals surface area contributed by atoms with Crippen molar-refractivity contribution >= 4 is 22.4 Å². The van der Waals surface area contributed by atoms with E-state index in [4.69, 9.17) is 10.5 Å². The number of hydrogen-bond acceptors (Lipinski definition) is 5. The van der Waals surface area contributed by atoms with E-state index in [1.54, 1.807) is 0 Å². The summed E-state index contributed by atoms with van der Waals surface area (Å²) in [5.41, 5.74) is 6.45. The van der Waals surface area contributed by atoms with Crippen LogP contribution in [0, 0.1) is 5.92 Å². The Hall–Kier alpha value is -1.14. The maximum atomic E-state index is 11.6. The van der Waals surface area contributed by atoms with Gasteiger partial charge in [-0.05, 0) is 6.42 Å². The van der Waals surface area contributed by atoms with Crippen molar-refractivity contribution in [3.05, 3.63) is 11.1 Å². The molecule has 16 heavy (non-hydrogen) atoms. The lowest BCUT2D eigenvalue weighted by Crippen LogP contribution is -2.32. The van der Waals surface area contributed by atoms with Gasteiger partial charge in [0.2, 0.25) is 5.91 Å². The fourth-order valence-electron chi connectivity index (χ4n) is 1.64. The molecule has 0 aliphatic carbocycles. The number of anilines is 1. The van der Waals surface area contributed by atoms with E-state index < -0.39 is 0 Å². The zero-order valence-electron chi connectivity index (χ0n) is 8.94. The van der Waals surface area contributed by atoms with E-state index in [0.717, 1.165) is 18.5 Å². The number of amides is 1. The van der Waals surface area contributed by atoms with Gasteiger partial charge in [-0.2, -0.15) is 0 Å². The summed E-state index contributed by atoms with van der Waals surface area (Å²) < 4.78 is 5.16. The van der Waals surface area contributed by atoms with Gasteiger partial charge in [-0.25, -0.2) is 4.98 Å². The van der Waals surface area contributed by atoms with Gasteiger partial charge in [0, 0.05) is 25.0 Å². The van der Waals surface area contributed by atoms with E-state index in [2.05, 4.69) is 10.3 Å². The molecule has 0 bridgehead atoms. The summed E-state index contributed by atoms with van der Waals surface area (Å²) in [6.45, 7) is 1.86. The lowest BCUT2D eigenvalue weighted by atomic mass is 10.1. The third-order valence-corrected chi connectivity index (χ3v) is 3.27. The van der Waals surface area contributed by atoms with E-state index in [1.165, 1.54) is 11.3 Å². The van der Waals surface area contributed by atoms with Crippen LogP contribution < -0.4 is 11.1 Å². The SMILES string of the molecule is Nc1nc(CCNC(=O)[C@H]2CCOC2)cs1. The van der Waals surface area contributed by atoms with E-state index in [9.17, 15) is 4.79 Å². The van der Waals surface area contributed by atoms with Crippen molar-refractivity contribution in [2.45, 2.75) is 12.8 Å². The van der Waals surface area contributed by atoms with E-state index in [0.29, 0.717) is 24.9 Å². The minimum Gasteiger partial charge on any atom is -0.381 e. The monoisotopic (exact) mass is 241 g/mol. The van der Waals surface area contributed by atoms with Crippen LogP contribution >= 0.6 is 11.3 Å². The molecule has 0 saturated carbocycles. The normalized spacial score (nSPS) is 19.9. The Labute approximate surface area is 98.0 Å². The summed E-state index contributed by atoms with van der Waals surface area (Å²) in [4.78, 5) is 15.7. The molecule has 5 nitrogen and oxygen atoms in total. The van der Waals surface area contributed by atoms with E-state index >= 15 is 0 Å². The van der Waals surface area contributed by atoms with Crippen LogP contribution in [-0.4, -0.2) is 30.6 Å². The molecule has 1 saturated heterocycles. The average molecular weight is 241 g/mol. The second-order valence-corrected chi connectivity index (χ2v) is 4.67. The van der Waals surface area contributed by atoms with Crippen LogP contribution in [0.4, 0.5) is 5.13 Å². The molecule has 0 aromatic carbocycles. The van der Waals surface area contributed by atoms with Crippen LogP contribution in [0.5, 0.6) is 0 Å². The Kier molecular flexibility index (Phi) is 3.74. The Morgan fingerprint density at radius 1 is 1.75 bits per heavy atom. The topological polar surface area (TPSA) is 77.2 Å². The highest BCUT2D eigenvalue weighted by Crippen LogP contribution is 2.13. The number of nitrogens with zero attached hydrogens (tertiary/aromatic N) is 1. The largest absolute Gasteiger partial charge is 0.381 e. The first-order valence-electron chi connectivity index (χ1n) is 5.31. The molecular formula is C10H15N3O2S. The molecule has 88 valence electrons. The van der Waals surface area contributed by atoms with Gasteiger partial charge in [0.05, 0.1) is 18.2 Å². The molecule has 2 rings (SSSR count). The fraction of sp³-hybridized carbons (Fsp3) is 0.600. The van der Waals surface area contributed by atoms with Gasteiger partial charge in [-0.1, -0.05) is 0 Å². The lowest BCUT2D eigenvalue weighted by molar-refractivity contribution is -0.124. The predicted molar refractivity (Wildman–Crippen MR) is 62.2 cm³/mol. The van der Waals surface area contributed by atoms with Crippen LogP contribution in [0.2, 0.25) is 0 Å². The van der Waals surface area contributed by atoms with Crippen LogP contribution in [0.1, 0.15) is 12.1 Å². The Morgan fingerprint density at radius 3 is 3.25 bits per heavy atom. The number of ether oxygens (including phenoxy) is 1. The van der Waals surface area contributed by atoms with Gasteiger partial charge >= 0.3 is 0 Å². The molecule has 1 amide bonds. The van der Waals surface area contributed by atoms with Crippen molar-refractivity contribution in [1.82, 2.24) is 10.3 Å². The minimum atomic E-state index is 0.0282. The molecule has 6 heteroatoms. The highest BCUT2D eigenvalue weighted by molar-refractivity contribution is 7.13. The number of thiazole rings is 1. The van der Waals surface area contributed by atoms with Crippen molar-refractivity contribution in [3.8, 4) is 0 Å². The summed E-state index contributed by atoms with van der Waals surface area (Å²) in [6.07, 6.45) is 1.56.